The molecular formula is C11H20NO8S-. The molecule has 0 bridgehead atoms. The predicted octanol–water partition coefficient (Wildman–Crippen LogP) is -1.89. The van der Waals surface area contributed by atoms with Gasteiger partial charge in [0.2, 0.25) is 16.3 Å². The molecule has 5 atom stereocenters. The van der Waals surface area contributed by atoms with Crippen LogP contribution in [0.3, 0.4) is 0 Å². The molecule has 0 radical (unpaired) electrons. The fourth-order valence-corrected chi connectivity index (χ4v) is 2.56. The highest BCUT2D eigenvalue weighted by molar-refractivity contribution is 7.80. The van der Waals surface area contributed by atoms with E-state index in [0.717, 1.165) is 0 Å². The number of aliphatic hydroxyl groups is 2. The number of ether oxygens (including phenoxy) is 1. The summed E-state index contributed by atoms with van der Waals surface area (Å²) in [4.78, 5) is 11.2. The second-order valence-electron chi connectivity index (χ2n) is 5.28. The molecule has 2 unspecified atom stereocenters. The van der Waals surface area contributed by atoms with Gasteiger partial charge in [0, 0.05) is 6.92 Å². The van der Waals surface area contributed by atoms with Crippen molar-refractivity contribution in [1.82, 2.24) is 5.32 Å². The van der Waals surface area contributed by atoms with Crippen molar-refractivity contribution in [1.29, 1.82) is 0 Å². The normalized spacial score (nSPS) is 34.0. The Balaban J connectivity index is 2.86. The average molecular weight is 326 g/mol. The van der Waals surface area contributed by atoms with Crippen molar-refractivity contribution in [2.75, 3.05) is 6.61 Å². The molecule has 1 saturated heterocycles. The minimum Gasteiger partial charge on any atom is -0.726 e. The number of aliphatic hydroxyl groups excluding tert-OH is 2. The molecule has 1 aliphatic rings. The third-order valence-electron chi connectivity index (χ3n) is 3.19. The van der Waals surface area contributed by atoms with Gasteiger partial charge in [0.1, 0.15) is 18.3 Å². The van der Waals surface area contributed by atoms with Gasteiger partial charge in [-0.2, -0.15) is 0 Å². The monoisotopic (exact) mass is 326 g/mol. The van der Waals surface area contributed by atoms with E-state index in [4.69, 9.17) is 4.74 Å². The number of nitrogens with one attached hydrogen (secondary N) is 1. The van der Waals surface area contributed by atoms with Crippen molar-refractivity contribution in [2.24, 2.45) is 5.92 Å². The van der Waals surface area contributed by atoms with E-state index < -0.39 is 53.4 Å². The second kappa shape index (κ2) is 6.99. The Morgan fingerprint density at radius 3 is 2.38 bits per heavy atom. The summed E-state index contributed by atoms with van der Waals surface area (Å²) in [5.41, 5.74) is 0. The number of hydrogen-bond acceptors (Lipinski definition) is 8. The summed E-state index contributed by atoms with van der Waals surface area (Å²) in [5.74, 6) is -0.548. The van der Waals surface area contributed by atoms with Gasteiger partial charge in [0.05, 0.1) is 18.8 Å². The lowest BCUT2D eigenvalue weighted by molar-refractivity contribution is -0.202. The fourth-order valence-electron chi connectivity index (χ4n) is 2.26. The first-order valence-corrected chi connectivity index (χ1v) is 7.75. The van der Waals surface area contributed by atoms with E-state index in [1.165, 1.54) is 6.92 Å². The molecule has 0 spiro atoms. The van der Waals surface area contributed by atoms with Crippen LogP contribution in [0.2, 0.25) is 0 Å². The molecule has 0 aliphatic carbocycles. The zero-order valence-electron chi connectivity index (χ0n) is 11.9. The van der Waals surface area contributed by atoms with Crippen molar-refractivity contribution in [3.05, 3.63) is 0 Å². The van der Waals surface area contributed by atoms with Gasteiger partial charge in [-0.3, -0.25) is 8.98 Å². The predicted molar refractivity (Wildman–Crippen MR) is 68.8 cm³/mol. The largest absolute Gasteiger partial charge is 0.726 e. The molecule has 1 aliphatic heterocycles. The van der Waals surface area contributed by atoms with Gasteiger partial charge >= 0.3 is 0 Å². The zero-order chi connectivity index (χ0) is 16.4. The Morgan fingerprint density at radius 2 is 1.95 bits per heavy atom. The van der Waals surface area contributed by atoms with E-state index in [0.29, 0.717) is 0 Å². The maximum absolute atomic E-state index is 11.2. The molecule has 21 heavy (non-hydrogen) atoms. The van der Waals surface area contributed by atoms with Crippen LogP contribution in [0.4, 0.5) is 0 Å². The van der Waals surface area contributed by atoms with E-state index in [1.807, 2.05) is 0 Å². The van der Waals surface area contributed by atoms with Crippen LogP contribution < -0.4 is 5.32 Å². The Bertz CT molecular complexity index is 465. The van der Waals surface area contributed by atoms with Crippen LogP contribution in [-0.2, 0) is 24.1 Å². The van der Waals surface area contributed by atoms with Crippen molar-refractivity contribution in [2.45, 2.75) is 51.2 Å². The number of carbonyl (C=O) groups is 1. The highest BCUT2D eigenvalue weighted by Crippen LogP contribution is 2.26. The lowest BCUT2D eigenvalue weighted by atomic mass is 9.87. The van der Waals surface area contributed by atoms with E-state index in [-0.39, 0.29) is 5.92 Å². The summed E-state index contributed by atoms with van der Waals surface area (Å²) >= 11 is 0. The first kappa shape index (κ1) is 18.3. The summed E-state index contributed by atoms with van der Waals surface area (Å²) in [6.45, 7) is 4.09. The van der Waals surface area contributed by atoms with Crippen molar-refractivity contribution in [3.63, 3.8) is 0 Å². The van der Waals surface area contributed by atoms with Crippen molar-refractivity contribution in [3.8, 4) is 0 Å². The van der Waals surface area contributed by atoms with Gasteiger partial charge in [-0.05, 0) is 5.92 Å². The minimum atomic E-state index is -4.93. The van der Waals surface area contributed by atoms with Gasteiger partial charge < -0.3 is 24.8 Å². The second-order valence-corrected chi connectivity index (χ2v) is 6.34. The topological polar surface area (TPSA) is 145 Å². The van der Waals surface area contributed by atoms with Crippen LogP contribution in [0.1, 0.15) is 20.8 Å². The van der Waals surface area contributed by atoms with E-state index in [2.05, 4.69) is 9.50 Å². The first-order chi connectivity index (χ1) is 9.53. The molecule has 124 valence electrons. The van der Waals surface area contributed by atoms with E-state index >= 15 is 0 Å². The maximum Gasteiger partial charge on any atom is 0.217 e. The lowest BCUT2D eigenvalue weighted by Crippen LogP contribution is -2.65. The molecule has 1 heterocycles. The maximum atomic E-state index is 11.2. The number of amides is 1. The summed E-state index contributed by atoms with van der Waals surface area (Å²) in [6, 6.07) is -0.849. The Hall–Kier alpha value is -0.780. The number of carbonyl (C=O) groups excluding carboxylic acids is 1. The van der Waals surface area contributed by atoms with Crippen molar-refractivity contribution >= 4 is 16.3 Å². The van der Waals surface area contributed by atoms with Gasteiger partial charge in [-0.15, -0.1) is 0 Å². The Kier molecular flexibility index (Phi) is 6.08. The molecule has 0 aromatic rings. The molecule has 0 aromatic heterocycles. The highest BCUT2D eigenvalue weighted by Gasteiger charge is 2.46. The summed E-state index contributed by atoms with van der Waals surface area (Å²) < 4.78 is 40.9. The highest BCUT2D eigenvalue weighted by atomic mass is 32.3. The van der Waals surface area contributed by atoms with Gasteiger partial charge in [-0.25, -0.2) is 8.42 Å². The van der Waals surface area contributed by atoms with Crippen LogP contribution in [0.25, 0.3) is 0 Å². The molecule has 1 rings (SSSR count). The molecular weight excluding hydrogens is 306 g/mol. The average Bonchev–Trinajstić information content (AvgIpc) is 2.32. The molecule has 1 fully saturated rings. The molecule has 0 saturated carbocycles. The Labute approximate surface area is 123 Å². The molecule has 3 N–H and O–H groups in total. The Morgan fingerprint density at radius 1 is 1.38 bits per heavy atom. The SMILES string of the molecule is CC(=O)NC1[C@@H](C(C)C)OC(COS(=O)(=O)[O-])[C@@H](O)[C@H]1O. The minimum absolute atomic E-state index is 0.143. The van der Waals surface area contributed by atoms with Gasteiger partial charge in [0.25, 0.3) is 0 Å². The summed E-state index contributed by atoms with van der Waals surface area (Å²) in [7, 11) is -4.93. The molecule has 0 aromatic carbocycles. The fraction of sp³-hybridized carbons (Fsp3) is 0.909. The van der Waals surface area contributed by atoms with Gasteiger partial charge in [-0.1, -0.05) is 13.8 Å². The molecule has 9 nitrogen and oxygen atoms in total. The third kappa shape index (κ3) is 5.16. The van der Waals surface area contributed by atoms with E-state index in [9.17, 15) is 28.0 Å². The van der Waals surface area contributed by atoms with Crippen LogP contribution in [-0.4, -0.2) is 66.2 Å². The summed E-state index contributed by atoms with van der Waals surface area (Å²) in [6.07, 6.45) is -4.74. The zero-order valence-corrected chi connectivity index (χ0v) is 12.7. The summed E-state index contributed by atoms with van der Waals surface area (Å²) in [5, 5.41) is 22.5. The van der Waals surface area contributed by atoms with Crippen LogP contribution >= 0.6 is 0 Å². The number of rotatable bonds is 5. The number of hydrogen-bond donors (Lipinski definition) is 3. The van der Waals surface area contributed by atoms with E-state index in [1.54, 1.807) is 13.8 Å². The third-order valence-corrected chi connectivity index (χ3v) is 3.61. The van der Waals surface area contributed by atoms with Crippen LogP contribution in [0.15, 0.2) is 0 Å². The molecule has 1 amide bonds. The van der Waals surface area contributed by atoms with Crippen molar-refractivity contribution < 1.29 is 36.9 Å². The standard InChI is InChI=1S/C11H21NO8S/c1-5(2)11-8(12-6(3)13)10(15)9(14)7(20-11)4-19-21(16,17)18/h5,7-11,14-15H,4H2,1-3H3,(H,12,13)(H,16,17,18)/p-1/t7?,8?,9-,10+,11-/m1/s1. The molecule has 10 heteroatoms. The van der Waals surface area contributed by atoms with Gasteiger partial charge in [0.15, 0.2) is 0 Å². The smallest absolute Gasteiger partial charge is 0.217 e. The van der Waals surface area contributed by atoms with Crippen LogP contribution in [0, 0.1) is 5.92 Å². The quantitative estimate of drug-likeness (QED) is 0.393. The lowest BCUT2D eigenvalue weighted by Gasteiger charge is -2.44. The first-order valence-electron chi connectivity index (χ1n) is 6.42. The van der Waals surface area contributed by atoms with Crippen LogP contribution in [0.5, 0.6) is 0 Å².